The highest BCUT2D eigenvalue weighted by atomic mass is 127. The number of benzene rings is 1. The van der Waals surface area contributed by atoms with E-state index in [4.69, 9.17) is 10.5 Å². The summed E-state index contributed by atoms with van der Waals surface area (Å²) in [5, 5.41) is 5.27. The van der Waals surface area contributed by atoms with Gasteiger partial charge in [0.2, 0.25) is 0 Å². The number of halogens is 1. The summed E-state index contributed by atoms with van der Waals surface area (Å²) in [5.41, 5.74) is 7.16. The van der Waals surface area contributed by atoms with E-state index in [2.05, 4.69) is 38.8 Å². The lowest BCUT2D eigenvalue weighted by atomic mass is 10.1. The Kier molecular flexibility index (Phi) is 9.84. The molecular weight excluding hydrogens is 447 g/mol. The van der Waals surface area contributed by atoms with Gasteiger partial charge in [-0.2, -0.15) is 0 Å². The molecule has 1 heterocycles. The standard InChI is InChI=1S/C18H26N4OS.HI/c1-22(2)17(14-6-4-7-15(12-14)23-3)13-21-18(19)20-10-9-16-8-5-11-24-16;/h4-8,11-12,17H,9-10,13H2,1-3H3,(H3,19,20,21);1H. The van der Waals surface area contributed by atoms with E-state index in [-0.39, 0.29) is 30.0 Å². The lowest BCUT2D eigenvalue weighted by Gasteiger charge is -2.23. The highest BCUT2D eigenvalue weighted by molar-refractivity contribution is 14.0. The van der Waals surface area contributed by atoms with Crippen LogP contribution in [-0.4, -0.2) is 45.2 Å². The number of thiophene rings is 1. The van der Waals surface area contributed by atoms with Crippen LogP contribution in [0.4, 0.5) is 0 Å². The Morgan fingerprint density at radius 3 is 2.76 bits per heavy atom. The number of nitrogens with one attached hydrogen (secondary N) is 1. The van der Waals surface area contributed by atoms with Crippen molar-refractivity contribution in [2.75, 3.05) is 34.3 Å². The van der Waals surface area contributed by atoms with Crippen LogP contribution in [0.15, 0.2) is 46.8 Å². The smallest absolute Gasteiger partial charge is 0.188 e. The Labute approximate surface area is 171 Å². The molecule has 1 atom stereocenters. The third-order valence-corrected chi connectivity index (χ3v) is 4.73. The van der Waals surface area contributed by atoms with Crippen molar-refractivity contribution in [3.8, 4) is 5.75 Å². The average Bonchev–Trinajstić information content (AvgIpc) is 3.08. The van der Waals surface area contributed by atoms with E-state index in [0.29, 0.717) is 12.5 Å². The predicted molar refractivity (Wildman–Crippen MR) is 117 cm³/mol. The topological polar surface area (TPSA) is 62.9 Å². The van der Waals surface area contributed by atoms with E-state index in [0.717, 1.165) is 24.3 Å². The molecule has 138 valence electrons. The number of hydrogen-bond donors (Lipinski definition) is 2. The van der Waals surface area contributed by atoms with Gasteiger partial charge in [-0.1, -0.05) is 18.2 Å². The lowest BCUT2D eigenvalue weighted by molar-refractivity contribution is 0.305. The molecule has 3 N–H and O–H groups in total. The van der Waals surface area contributed by atoms with Crippen molar-refractivity contribution in [1.82, 2.24) is 10.2 Å². The van der Waals surface area contributed by atoms with E-state index in [1.165, 1.54) is 4.88 Å². The first-order chi connectivity index (χ1) is 11.6. The van der Waals surface area contributed by atoms with Crippen LogP contribution in [0.25, 0.3) is 0 Å². The van der Waals surface area contributed by atoms with Gasteiger partial charge in [0, 0.05) is 11.4 Å². The number of guanidine groups is 1. The molecule has 0 amide bonds. The number of nitrogens with two attached hydrogens (primary N) is 1. The molecule has 0 radical (unpaired) electrons. The highest BCUT2D eigenvalue weighted by Crippen LogP contribution is 2.22. The minimum atomic E-state index is 0. The van der Waals surface area contributed by atoms with Gasteiger partial charge < -0.3 is 20.7 Å². The Balaban J connectivity index is 0.00000312. The monoisotopic (exact) mass is 474 g/mol. The number of methoxy groups -OCH3 is 1. The molecule has 2 rings (SSSR count). The summed E-state index contributed by atoms with van der Waals surface area (Å²) >= 11 is 1.76. The third-order valence-electron chi connectivity index (χ3n) is 3.79. The SMILES string of the molecule is COc1cccc(C(CN=C(N)NCCc2cccs2)N(C)C)c1.I. The largest absolute Gasteiger partial charge is 0.497 e. The summed E-state index contributed by atoms with van der Waals surface area (Å²) in [4.78, 5) is 7.98. The van der Waals surface area contributed by atoms with Crippen molar-refractivity contribution in [2.45, 2.75) is 12.5 Å². The minimum Gasteiger partial charge on any atom is -0.497 e. The molecule has 2 aromatic rings. The molecule has 0 bridgehead atoms. The summed E-state index contributed by atoms with van der Waals surface area (Å²) in [6.07, 6.45) is 0.959. The summed E-state index contributed by atoms with van der Waals surface area (Å²) in [6.45, 7) is 1.39. The van der Waals surface area contributed by atoms with Crippen molar-refractivity contribution in [1.29, 1.82) is 0 Å². The van der Waals surface area contributed by atoms with Crippen molar-refractivity contribution in [3.05, 3.63) is 52.2 Å². The predicted octanol–water partition coefficient (Wildman–Crippen LogP) is 3.12. The minimum absolute atomic E-state index is 0. The van der Waals surface area contributed by atoms with Gasteiger partial charge >= 0.3 is 0 Å². The molecule has 0 aliphatic rings. The second-order valence-corrected chi connectivity index (χ2v) is 6.77. The maximum absolute atomic E-state index is 5.99. The number of likely N-dealkylation sites (N-methyl/N-ethyl adjacent to an activating group) is 1. The van der Waals surface area contributed by atoms with E-state index in [1.807, 2.05) is 32.3 Å². The molecule has 25 heavy (non-hydrogen) atoms. The Bertz CT molecular complexity index is 646. The number of ether oxygens (including phenoxy) is 1. The molecule has 5 nitrogen and oxygen atoms in total. The zero-order chi connectivity index (χ0) is 17.4. The van der Waals surface area contributed by atoms with Gasteiger partial charge in [-0.25, -0.2) is 0 Å². The van der Waals surface area contributed by atoms with Crippen molar-refractivity contribution in [3.63, 3.8) is 0 Å². The van der Waals surface area contributed by atoms with Crippen molar-refractivity contribution in [2.24, 2.45) is 10.7 Å². The fraction of sp³-hybridized carbons (Fsp3) is 0.389. The highest BCUT2D eigenvalue weighted by Gasteiger charge is 2.14. The molecule has 1 aromatic carbocycles. The fourth-order valence-electron chi connectivity index (χ4n) is 2.42. The van der Waals surface area contributed by atoms with Crippen molar-refractivity contribution >= 4 is 41.3 Å². The van der Waals surface area contributed by atoms with Gasteiger partial charge in [0.05, 0.1) is 19.7 Å². The fourth-order valence-corrected chi connectivity index (χ4v) is 3.13. The molecule has 0 aliphatic heterocycles. The van der Waals surface area contributed by atoms with Crippen LogP contribution in [0.1, 0.15) is 16.5 Å². The van der Waals surface area contributed by atoms with Gasteiger partial charge in [-0.15, -0.1) is 35.3 Å². The second-order valence-electron chi connectivity index (χ2n) is 5.74. The van der Waals surface area contributed by atoms with E-state index in [1.54, 1.807) is 18.4 Å². The number of aliphatic imine (C=N–C) groups is 1. The van der Waals surface area contributed by atoms with Gasteiger partial charge in [0.1, 0.15) is 5.75 Å². The molecule has 7 heteroatoms. The average molecular weight is 474 g/mol. The van der Waals surface area contributed by atoms with Gasteiger partial charge in [0.15, 0.2) is 5.96 Å². The zero-order valence-electron chi connectivity index (χ0n) is 14.9. The maximum Gasteiger partial charge on any atom is 0.188 e. The van der Waals surface area contributed by atoms with Crippen LogP contribution in [0.5, 0.6) is 5.75 Å². The number of hydrogen-bond acceptors (Lipinski definition) is 4. The maximum atomic E-state index is 5.99. The van der Waals surface area contributed by atoms with Crippen LogP contribution in [0.3, 0.4) is 0 Å². The number of rotatable bonds is 8. The summed E-state index contributed by atoms with van der Waals surface area (Å²) in [6, 6.07) is 12.4. The van der Waals surface area contributed by atoms with Crippen LogP contribution < -0.4 is 15.8 Å². The summed E-state index contributed by atoms with van der Waals surface area (Å²) in [7, 11) is 5.76. The Hall–Kier alpha value is -1.32. The molecule has 0 fully saturated rings. The molecule has 1 aromatic heterocycles. The first-order valence-electron chi connectivity index (χ1n) is 7.96. The summed E-state index contributed by atoms with van der Waals surface area (Å²) < 4.78 is 5.31. The third kappa shape index (κ3) is 7.21. The zero-order valence-corrected chi connectivity index (χ0v) is 18.1. The van der Waals surface area contributed by atoms with Gasteiger partial charge in [-0.05, 0) is 49.7 Å². The van der Waals surface area contributed by atoms with Gasteiger partial charge in [0.25, 0.3) is 0 Å². The van der Waals surface area contributed by atoms with Crippen LogP contribution in [0, 0.1) is 0 Å². The second kappa shape index (κ2) is 11.3. The normalized spacial score (nSPS) is 12.6. The van der Waals surface area contributed by atoms with Crippen LogP contribution in [0.2, 0.25) is 0 Å². The van der Waals surface area contributed by atoms with Gasteiger partial charge in [-0.3, -0.25) is 4.99 Å². The van der Waals surface area contributed by atoms with Crippen LogP contribution in [-0.2, 0) is 6.42 Å². The van der Waals surface area contributed by atoms with E-state index in [9.17, 15) is 0 Å². The molecule has 0 spiro atoms. The molecule has 0 saturated carbocycles. The van der Waals surface area contributed by atoms with Crippen molar-refractivity contribution < 1.29 is 4.74 Å². The first kappa shape index (κ1) is 21.7. The van der Waals surface area contributed by atoms with E-state index >= 15 is 0 Å². The molecular formula is C18H27IN4OS. The Morgan fingerprint density at radius 2 is 2.12 bits per heavy atom. The molecule has 0 saturated heterocycles. The van der Waals surface area contributed by atoms with E-state index < -0.39 is 0 Å². The first-order valence-corrected chi connectivity index (χ1v) is 8.84. The quantitative estimate of drug-likeness (QED) is 0.351. The number of nitrogens with zero attached hydrogens (tertiary/aromatic N) is 2. The lowest BCUT2D eigenvalue weighted by Crippen LogP contribution is -2.34. The summed E-state index contributed by atoms with van der Waals surface area (Å²) in [5.74, 6) is 1.34. The molecule has 0 aliphatic carbocycles. The Morgan fingerprint density at radius 1 is 1.32 bits per heavy atom. The molecule has 1 unspecified atom stereocenters. The van der Waals surface area contributed by atoms with Crippen LogP contribution >= 0.6 is 35.3 Å².